The van der Waals surface area contributed by atoms with Gasteiger partial charge in [-0.3, -0.25) is 4.79 Å². The SMILES string of the molecule is Cc1ccccc1CCC(=O)NC1(CBr)CCC1. The Labute approximate surface area is 117 Å². The van der Waals surface area contributed by atoms with Gasteiger partial charge in [-0.1, -0.05) is 40.2 Å². The van der Waals surface area contributed by atoms with Crippen molar-refractivity contribution in [1.82, 2.24) is 5.32 Å². The van der Waals surface area contributed by atoms with E-state index < -0.39 is 0 Å². The molecule has 2 nitrogen and oxygen atoms in total. The van der Waals surface area contributed by atoms with E-state index in [9.17, 15) is 4.79 Å². The van der Waals surface area contributed by atoms with Crippen LogP contribution in [0.1, 0.15) is 36.8 Å². The van der Waals surface area contributed by atoms with Gasteiger partial charge in [0.25, 0.3) is 0 Å². The fourth-order valence-electron chi connectivity index (χ4n) is 2.39. The number of rotatable bonds is 5. The Morgan fingerprint density at radius 3 is 2.67 bits per heavy atom. The lowest BCUT2D eigenvalue weighted by molar-refractivity contribution is -0.123. The molecule has 98 valence electrons. The van der Waals surface area contributed by atoms with E-state index in [1.807, 2.05) is 12.1 Å². The smallest absolute Gasteiger partial charge is 0.220 e. The molecule has 0 unspecified atom stereocenters. The highest BCUT2D eigenvalue weighted by atomic mass is 79.9. The molecule has 0 aliphatic heterocycles. The van der Waals surface area contributed by atoms with Crippen molar-refractivity contribution in [2.75, 3.05) is 5.33 Å². The van der Waals surface area contributed by atoms with Gasteiger partial charge in [0.15, 0.2) is 0 Å². The van der Waals surface area contributed by atoms with Crippen LogP contribution < -0.4 is 5.32 Å². The zero-order valence-corrected chi connectivity index (χ0v) is 12.4. The highest BCUT2D eigenvalue weighted by Gasteiger charge is 2.36. The lowest BCUT2D eigenvalue weighted by Gasteiger charge is -2.41. The molecule has 1 saturated carbocycles. The summed E-state index contributed by atoms with van der Waals surface area (Å²) in [6, 6.07) is 8.27. The maximum absolute atomic E-state index is 12.0. The molecule has 2 rings (SSSR count). The van der Waals surface area contributed by atoms with E-state index in [-0.39, 0.29) is 11.4 Å². The highest BCUT2D eigenvalue weighted by Crippen LogP contribution is 2.33. The molecule has 0 saturated heterocycles. The third kappa shape index (κ3) is 3.14. The Morgan fingerprint density at radius 2 is 2.11 bits per heavy atom. The van der Waals surface area contributed by atoms with Gasteiger partial charge in [0, 0.05) is 17.3 Å². The molecule has 0 aromatic heterocycles. The van der Waals surface area contributed by atoms with Crippen molar-refractivity contribution in [2.24, 2.45) is 0 Å². The highest BCUT2D eigenvalue weighted by molar-refractivity contribution is 9.09. The first-order chi connectivity index (χ1) is 8.65. The molecule has 0 bridgehead atoms. The number of alkyl halides is 1. The van der Waals surface area contributed by atoms with Crippen LogP contribution in [0.5, 0.6) is 0 Å². The number of nitrogens with one attached hydrogen (secondary N) is 1. The normalized spacial score (nSPS) is 17.0. The van der Waals surface area contributed by atoms with Crippen molar-refractivity contribution in [2.45, 2.75) is 44.6 Å². The van der Waals surface area contributed by atoms with E-state index in [1.165, 1.54) is 17.5 Å². The molecular formula is C15H20BrNO. The Hall–Kier alpha value is -0.830. The first-order valence-electron chi connectivity index (χ1n) is 6.57. The fourth-order valence-corrected chi connectivity index (χ4v) is 3.09. The minimum Gasteiger partial charge on any atom is -0.350 e. The zero-order chi connectivity index (χ0) is 13.0. The summed E-state index contributed by atoms with van der Waals surface area (Å²) in [6.45, 7) is 2.10. The van der Waals surface area contributed by atoms with Crippen molar-refractivity contribution < 1.29 is 4.79 Å². The standard InChI is InChI=1S/C15H20BrNO/c1-12-5-2-3-6-13(12)7-8-14(18)17-15(11-16)9-4-10-15/h2-3,5-6H,4,7-11H2,1H3,(H,17,18). The van der Waals surface area contributed by atoms with Crippen LogP contribution in [0.2, 0.25) is 0 Å². The summed E-state index contributed by atoms with van der Waals surface area (Å²) in [6.07, 6.45) is 4.85. The molecule has 1 aromatic rings. The summed E-state index contributed by atoms with van der Waals surface area (Å²) >= 11 is 3.50. The topological polar surface area (TPSA) is 29.1 Å². The third-order valence-corrected chi connectivity index (χ3v) is 4.93. The molecule has 1 aromatic carbocycles. The average Bonchev–Trinajstić information content (AvgIpc) is 2.33. The minimum absolute atomic E-state index is 0.0445. The summed E-state index contributed by atoms with van der Waals surface area (Å²) in [5.41, 5.74) is 2.58. The molecule has 0 radical (unpaired) electrons. The molecule has 0 heterocycles. The number of benzene rings is 1. The number of hydrogen-bond donors (Lipinski definition) is 1. The zero-order valence-electron chi connectivity index (χ0n) is 10.8. The summed E-state index contributed by atoms with van der Waals surface area (Å²) in [5.74, 6) is 0.178. The second-order valence-corrected chi connectivity index (χ2v) is 5.80. The number of carbonyl (C=O) groups is 1. The van der Waals surface area contributed by atoms with Crippen molar-refractivity contribution in [3.05, 3.63) is 35.4 Å². The van der Waals surface area contributed by atoms with Crippen molar-refractivity contribution in [1.29, 1.82) is 0 Å². The summed E-state index contributed by atoms with van der Waals surface area (Å²) in [4.78, 5) is 12.0. The van der Waals surface area contributed by atoms with Crippen LogP contribution in [-0.4, -0.2) is 16.8 Å². The van der Waals surface area contributed by atoms with Gasteiger partial charge in [0.2, 0.25) is 5.91 Å². The van der Waals surface area contributed by atoms with Gasteiger partial charge in [-0.15, -0.1) is 0 Å². The quantitative estimate of drug-likeness (QED) is 0.830. The predicted octanol–water partition coefficient (Wildman–Crippen LogP) is 3.36. The van der Waals surface area contributed by atoms with Gasteiger partial charge in [0.05, 0.1) is 0 Å². The van der Waals surface area contributed by atoms with Crippen LogP contribution in [0.3, 0.4) is 0 Å². The Balaban J connectivity index is 1.83. The Bertz CT molecular complexity index is 421. The van der Waals surface area contributed by atoms with E-state index in [2.05, 4.69) is 40.3 Å². The molecule has 3 heteroatoms. The molecule has 1 N–H and O–H groups in total. The number of carbonyl (C=O) groups excluding carboxylic acids is 1. The van der Waals surface area contributed by atoms with E-state index in [0.717, 1.165) is 24.6 Å². The van der Waals surface area contributed by atoms with Crippen molar-refractivity contribution >= 4 is 21.8 Å². The van der Waals surface area contributed by atoms with Crippen LogP contribution in [0.15, 0.2) is 24.3 Å². The second-order valence-electron chi connectivity index (χ2n) is 5.24. The number of amides is 1. The van der Waals surface area contributed by atoms with Gasteiger partial charge in [0.1, 0.15) is 0 Å². The molecule has 1 amide bonds. The molecule has 1 aliphatic carbocycles. The van der Waals surface area contributed by atoms with Gasteiger partial charge >= 0.3 is 0 Å². The number of hydrogen-bond acceptors (Lipinski definition) is 1. The van der Waals surface area contributed by atoms with Crippen molar-refractivity contribution in [3.8, 4) is 0 Å². The van der Waals surface area contributed by atoms with Gasteiger partial charge < -0.3 is 5.32 Å². The van der Waals surface area contributed by atoms with E-state index >= 15 is 0 Å². The molecule has 0 spiro atoms. The summed E-state index contributed by atoms with van der Waals surface area (Å²) in [7, 11) is 0. The monoisotopic (exact) mass is 309 g/mol. The van der Waals surface area contributed by atoms with Crippen LogP contribution in [-0.2, 0) is 11.2 Å². The third-order valence-electron chi connectivity index (χ3n) is 3.85. The predicted molar refractivity (Wildman–Crippen MR) is 78.0 cm³/mol. The van der Waals surface area contributed by atoms with Crippen molar-refractivity contribution in [3.63, 3.8) is 0 Å². The van der Waals surface area contributed by atoms with E-state index in [4.69, 9.17) is 0 Å². The minimum atomic E-state index is 0.0445. The van der Waals surface area contributed by atoms with Crippen LogP contribution in [0.4, 0.5) is 0 Å². The maximum Gasteiger partial charge on any atom is 0.220 e. The molecule has 1 aliphatic rings. The van der Waals surface area contributed by atoms with E-state index in [0.29, 0.717) is 6.42 Å². The van der Waals surface area contributed by atoms with E-state index in [1.54, 1.807) is 0 Å². The fraction of sp³-hybridized carbons (Fsp3) is 0.533. The first kappa shape index (κ1) is 13.6. The van der Waals surface area contributed by atoms with Gasteiger partial charge in [-0.05, 0) is 43.7 Å². The lowest BCUT2D eigenvalue weighted by atomic mass is 9.78. The number of aryl methyl sites for hydroxylation is 2. The molecule has 0 atom stereocenters. The Kier molecular flexibility index (Phi) is 4.44. The van der Waals surface area contributed by atoms with Gasteiger partial charge in [-0.25, -0.2) is 0 Å². The summed E-state index contributed by atoms with van der Waals surface area (Å²) in [5, 5.41) is 4.05. The van der Waals surface area contributed by atoms with Gasteiger partial charge in [-0.2, -0.15) is 0 Å². The summed E-state index contributed by atoms with van der Waals surface area (Å²) < 4.78 is 0. The number of halogens is 1. The molecule has 1 fully saturated rings. The molecular weight excluding hydrogens is 290 g/mol. The molecule has 18 heavy (non-hydrogen) atoms. The maximum atomic E-state index is 12.0. The first-order valence-corrected chi connectivity index (χ1v) is 7.69. The average molecular weight is 310 g/mol. The Morgan fingerprint density at radius 1 is 1.39 bits per heavy atom. The van der Waals surface area contributed by atoms with Crippen LogP contribution in [0.25, 0.3) is 0 Å². The second kappa shape index (κ2) is 5.87. The van der Waals surface area contributed by atoms with Crippen LogP contribution >= 0.6 is 15.9 Å². The van der Waals surface area contributed by atoms with Crippen LogP contribution in [0, 0.1) is 6.92 Å². The lowest BCUT2D eigenvalue weighted by Crippen LogP contribution is -2.54. The largest absolute Gasteiger partial charge is 0.350 e.